The van der Waals surface area contributed by atoms with Gasteiger partial charge in [-0.2, -0.15) is 0 Å². The van der Waals surface area contributed by atoms with E-state index in [2.05, 4.69) is 5.32 Å². The fraction of sp³-hybridized carbons (Fsp3) is 0.462. The molecule has 0 radical (unpaired) electrons. The van der Waals surface area contributed by atoms with E-state index in [0.717, 1.165) is 5.56 Å². The Kier molecular flexibility index (Phi) is 4.94. The summed E-state index contributed by atoms with van der Waals surface area (Å²) in [5.74, 6) is -0.171. The largest absolute Gasteiger partial charge is 0.399 e. The molecule has 1 aromatic carbocycles. The molecule has 5 nitrogen and oxygen atoms in total. The maximum atomic E-state index is 12.0. The molecule has 106 valence electrons. The van der Waals surface area contributed by atoms with E-state index in [4.69, 9.17) is 5.73 Å². The van der Waals surface area contributed by atoms with Crippen LogP contribution in [0.2, 0.25) is 0 Å². The molecule has 1 amide bonds. The number of nitrogens with two attached hydrogens (primary N) is 1. The molecule has 0 heterocycles. The summed E-state index contributed by atoms with van der Waals surface area (Å²) in [5, 5.41) is 2.78. The molecule has 0 saturated carbocycles. The van der Waals surface area contributed by atoms with Crippen LogP contribution in [0.4, 0.5) is 5.69 Å². The highest BCUT2D eigenvalue weighted by Gasteiger charge is 2.14. The van der Waals surface area contributed by atoms with Crippen molar-refractivity contribution in [2.75, 3.05) is 17.7 Å². The maximum Gasteiger partial charge on any atom is 0.251 e. The smallest absolute Gasteiger partial charge is 0.251 e. The van der Waals surface area contributed by atoms with Crippen LogP contribution in [0.25, 0.3) is 0 Å². The summed E-state index contributed by atoms with van der Waals surface area (Å²) < 4.78 is 22.1. The zero-order chi connectivity index (χ0) is 14.6. The molecule has 1 rings (SSSR count). The number of hydrogen-bond acceptors (Lipinski definition) is 4. The van der Waals surface area contributed by atoms with E-state index in [1.54, 1.807) is 25.1 Å². The van der Waals surface area contributed by atoms with E-state index in [1.165, 1.54) is 6.26 Å². The molecule has 0 aliphatic heterocycles. The third kappa shape index (κ3) is 5.30. The first-order valence-corrected chi connectivity index (χ1v) is 8.10. The van der Waals surface area contributed by atoms with Crippen LogP contribution in [0.5, 0.6) is 0 Å². The van der Waals surface area contributed by atoms with Gasteiger partial charge < -0.3 is 11.1 Å². The van der Waals surface area contributed by atoms with Crippen molar-refractivity contribution < 1.29 is 13.2 Å². The number of amides is 1. The van der Waals surface area contributed by atoms with Crippen molar-refractivity contribution in [2.45, 2.75) is 26.3 Å². The second-order valence-electron chi connectivity index (χ2n) is 4.87. The van der Waals surface area contributed by atoms with Gasteiger partial charge in [-0.25, -0.2) is 8.42 Å². The summed E-state index contributed by atoms with van der Waals surface area (Å²) in [4.78, 5) is 12.0. The van der Waals surface area contributed by atoms with Crippen LogP contribution < -0.4 is 11.1 Å². The van der Waals surface area contributed by atoms with Gasteiger partial charge in [0.25, 0.3) is 5.91 Å². The highest BCUT2D eigenvalue weighted by molar-refractivity contribution is 7.90. The van der Waals surface area contributed by atoms with Crippen molar-refractivity contribution in [3.05, 3.63) is 29.3 Å². The van der Waals surface area contributed by atoms with Gasteiger partial charge in [-0.1, -0.05) is 6.07 Å². The molecule has 19 heavy (non-hydrogen) atoms. The number of aryl methyl sites for hydroxylation is 1. The summed E-state index contributed by atoms with van der Waals surface area (Å²) in [7, 11) is -3.01. The van der Waals surface area contributed by atoms with Gasteiger partial charge in [0.05, 0.1) is 5.75 Å². The van der Waals surface area contributed by atoms with E-state index in [9.17, 15) is 13.2 Å². The van der Waals surface area contributed by atoms with Gasteiger partial charge in [0.1, 0.15) is 9.84 Å². The van der Waals surface area contributed by atoms with Gasteiger partial charge in [-0.3, -0.25) is 4.79 Å². The number of nitrogens with one attached hydrogen (secondary N) is 1. The molecular formula is C13H20N2O3S. The molecule has 0 fully saturated rings. The van der Waals surface area contributed by atoms with Gasteiger partial charge in [-0.05, 0) is 38.0 Å². The van der Waals surface area contributed by atoms with Crippen LogP contribution >= 0.6 is 0 Å². The fourth-order valence-corrected chi connectivity index (χ4v) is 2.43. The normalized spacial score (nSPS) is 13.0. The average Bonchev–Trinajstić information content (AvgIpc) is 2.28. The molecule has 6 heteroatoms. The SMILES string of the molecule is Cc1ccc(N)cc1C(=O)NC(C)CCS(C)(=O)=O. The van der Waals surface area contributed by atoms with Crippen LogP contribution in [0.1, 0.15) is 29.3 Å². The van der Waals surface area contributed by atoms with Gasteiger partial charge in [-0.15, -0.1) is 0 Å². The molecule has 3 N–H and O–H groups in total. The van der Waals surface area contributed by atoms with E-state index in [0.29, 0.717) is 17.7 Å². The predicted octanol–water partition coefficient (Wildman–Crippen LogP) is 1.13. The number of rotatable bonds is 5. The lowest BCUT2D eigenvalue weighted by Gasteiger charge is -2.14. The van der Waals surface area contributed by atoms with Crippen LogP contribution in [0.15, 0.2) is 18.2 Å². The van der Waals surface area contributed by atoms with Crippen LogP contribution in [0.3, 0.4) is 0 Å². The molecule has 1 unspecified atom stereocenters. The number of nitrogen functional groups attached to an aromatic ring is 1. The van der Waals surface area contributed by atoms with Crippen molar-refractivity contribution >= 4 is 21.4 Å². The second-order valence-corrected chi connectivity index (χ2v) is 7.13. The Labute approximate surface area is 114 Å². The Balaban J connectivity index is 2.66. The molecule has 0 spiro atoms. The first kappa shape index (κ1) is 15.5. The van der Waals surface area contributed by atoms with Gasteiger partial charge in [0.2, 0.25) is 0 Å². The lowest BCUT2D eigenvalue weighted by Crippen LogP contribution is -2.34. The Morgan fingerprint density at radius 3 is 2.63 bits per heavy atom. The molecule has 0 saturated heterocycles. The van der Waals surface area contributed by atoms with E-state index in [1.807, 2.05) is 6.92 Å². The molecule has 0 aliphatic carbocycles. The monoisotopic (exact) mass is 284 g/mol. The number of carbonyl (C=O) groups excluding carboxylic acids is 1. The van der Waals surface area contributed by atoms with Crippen molar-refractivity contribution in [1.82, 2.24) is 5.32 Å². The lowest BCUT2D eigenvalue weighted by atomic mass is 10.1. The van der Waals surface area contributed by atoms with Crippen LogP contribution in [0, 0.1) is 6.92 Å². The Morgan fingerprint density at radius 1 is 1.42 bits per heavy atom. The first-order chi connectivity index (χ1) is 8.69. The van der Waals surface area contributed by atoms with Gasteiger partial charge in [0.15, 0.2) is 0 Å². The number of carbonyl (C=O) groups is 1. The van der Waals surface area contributed by atoms with Gasteiger partial charge in [0, 0.05) is 23.5 Å². The van der Waals surface area contributed by atoms with Crippen molar-refractivity contribution in [3.8, 4) is 0 Å². The summed E-state index contributed by atoms with van der Waals surface area (Å²) >= 11 is 0. The molecule has 1 aromatic rings. The standard InChI is InChI=1S/C13H20N2O3S/c1-9-4-5-11(14)8-12(9)13(16)15-10(2)6-7-19(3,17)18/h4-5,8,10H,6-7,14H2,1-3H3,(H,15,16). The van der Waals surface area contributed by atoms with Crippen molar-refractivity contribution in [2.24, 2.45) is 0 Å². The molecular weight excluding hydrogens is 264 g/mol. The molecule has 0 aliphatic rings. The van der Waals surface area contributed by atoms with Crippen molar-refractivity contribution in [1.29, 1.82) is 0 Å². The molecule has 0 bridgehead atoms. The zero-order valence-corrected chi connectivity index (χ0v) is 12.3. The second kappa shape index (κ2) is 6.06. The van der Waals surface area contributed by atoms with Gasteiger partial charge >= 0.3 is 0 Å². The molecule has 0 aromatic heterocycles. The van der Waals surface area contributed by atoms with E-state index < -0.39 is 9.84 Å². The minimum atomic E-state index is -3.01. The summed E-state index contributed by atoms with van der Waals surface area (Å²) in [6.45, 7) is 3.61. The number of sulfone groups is 1. The lowest BCUT2D eigenvalue weighted by molar-refractivity contribution is 0.0938. The maximum absolute atomic E-state index is 12.0. The number of hydrogen-bond donors (Lipinski definition) is 2. The Hall–Kier alpha value is -1.56. The predicted molar refractivity (Wildman–Crippen MR) is 76.8 cm³/mol. The molecule has 1 atom stereocenters. The minimum absolute atomic E-state index is 0.0599. The third-order valence-corrected chi connectivity index (χ3v) is 3.78. The van der Waals surface area contributed by atoms with Crippen LogP contribution in [-0.2, 0) is 9.84 Å². The average molecular weight is 284 g/mol. The zero-order valence-electron chi connectivity index (χ0n) is 11.4. The quantitative estimate of drug-likeness (QED) is 0.793. The van der Waals surface area contributed by atoms with Crippen LogP contribution in [-0.4, -0.2) is 32.4 Å². The van der Waals surface area contributed by atoms with E-state index in [-0.39, 0.29) is 17.7 Å². The third-order valence-electron chi connectivity index (χ3n) is 2.81. The Morgan fingerprint density at radius 2 is 2.05 bits per heavy atom. The fourth-order valence-electron chi connectivity index (χ4n) is 1.65. The minimum Gasteiger partial charge on any atom is -0.399 e. The Bertz CT molecular complexity index is 567. The highest BCUT2D eigenvalue weighted by atomic mass is 32.2. The highest BCUT2D eigenvalue weighted by Crippen LogP contribution is 2.13. The number of benzene rings is 1. The van der Waals surface area contributed by atoms with Crippen molar-refractivity contribution in [3.63, 3.8) is 0 Å². The first-order valence-electron chi connectivity index (χ1n) is 6.04. The van der Waals surface area contributed by atoms with E-state index >= 15 is 0 Å². The topological polar surface area (TPSA) is 89.3 Å². The number of anilines is 1. The summed E-state index contributed by atoms with van der Waals surface area (Å²) in [5.41, 5.74) is 7.53. The summed E-state index contributed by atoms with van der Waals surface area (Å²) in [6, 6.07) is 4.93. The summed E-state index contributed by atoms with van der Waals surface area (Å²) in [6.07, 6.45) is 1.58.